The van der Waals surface area contributed by atoms with Gasteiger partial charge in [-0.05, 0) is 60.9 Å². The molecule has 5 heteroatoms. The second-order valence-corrected chi connectivity index (χ2v) is 8.33. The summed E-state index contributed by atoms with van der Waals surface area (Å²) >= 11 is 5.95. The Kier molecular flexibility index (Phi) is 5.35. The summed E-state index contributed by atoms with van der Waals surface area (Å²) in [7, 11) is 0. The maximum absolute atomic E-state index is 13.5. The Hall–Kier alpha value is -3.11. The Morgan fingerprint density at radius 3 is 2.53 bits per heavy atom. The molecule has 0 fully saturated rings. The molecule has 3 aromatic carbocycles. The summed E-state index contributed by atoms with van der Waals surface area (Å²) in [5.74, 6) is -0.353. The highest BCUT2D eigenvalue weighted by molar-refractivity contribution is 6.30. The average Bonchev–Trinajstić information content (AvgIpc) is 2.73. The first-order valence-corrected chi connectivity index (χ1v) is 10.3. The van der Waals surface area contributed by atoms with Crippen LogP contribution in [-0.2, 0) is 17.8 Å². The van der Waals surface area contributed by atoms with Crippen molar-refractivity contribution in [3.05, 3.63) is 100 Å². The maximum atomic E-state index is 13.5. The number of nitrogens with zero attached hydrogens (tertiary/aromatic N) is 1. The fourth-order valence-electron chi connectivity index (χ4n) is 4.00. The van der Waals surface area contributed by atoms with Gasteiger partial charge in [0.25, 0.3) is 5.91 Å². The molecule has 0 aromatic heterocycles. The zero-order valence-corrected chi connectivity index (χ0v) is 17.7. The molecule has 0 saturated carbocycles. The molecule has 4 rings (SSSR count). The molecule has 1 N–H and O–H groups in total. The van der Waals surface area contributed by atoms with Crippen LogP contribution in [0.15, 0.2) is 72.8 Å². The molecule has 30 heavy (non-hydrogen) atoms. The van der Waals surface area contributed by atoms with Crippen LogP contribution in [0.2, 0.25) is 5.02 Å². The summed E-state index contributed by atoms with van der Waals surface area (Å²) in [4.78, 5) is 28.6. The third kappa shape index (κ3) is 3.71. The highest BCUT2D eigenvalue weighted by Gasteiger charge is 2.47. The van der Waals surface area contributed by atoms with E-state index in [0.29, 0.717) is 23.6 Å². The fourth-order valence-corrected chi connectivity index (χ4v) is 4.13. The zero-order chi connectivity index (χ0) is 21.3. The minimum absolute atomic E-state index is 0.161. The van der Waals surface area contributed by atoms with Crippen molar-refractivity contribution < 1.29 is 9.59 Å². The van der Waals surface area contributed by atoms with Crippen LogP contribution in [0.4, 0.5) is 5.69 Å². The van der Waals surface area contributed by atoms with Gasteiger partial charge in [0, 0.05) is 29.2 Å². The number of fused-ring (bicyclic) bond motifs is 1. The highest BCUT2D eigenvalue weighted by Crippen LogP contribution is 2.35. The Morgan fingerprint density at radius 2 is 1.80 bits per heavy atom. The third-order valence-electron chi connectivity index (χ3n) is 5.59. The van der Waals surface area contributed by atoms with Crippen molar-refractivity contribution in [2.75, 3.05) is 4.90 Å². The Balaban J connectivity index is 1.70. The number of amides is 2. The predicted octanol–water partition coefficient (Wildman–Crippen LogP) is 4.93. The lowest BCUT2D eigenvalue weighted by atomic mass is 9.82. The molecule has 0 bridgehead atoms. The maximum Gasteiger partial charge on any atom is 0.259 e. The lowest BCUT2D eigenvalue weighted by Crippen LogP contribution is -2.63. The molecule has 0 saturated heterocycles. The first-order chi connectivity index (χ1) is 14.4. The van der Waals surface area contributed by atoms with Gasteiger partial charge in [0.1, 0.15) is 5.54 Å². The van der Waals surface area contributed by atoms with E-state index in [-0.39, 0.29) is 11.8 Å². The number of benzene rings is 3. The van der Waals surface area contributed by atoms with Gasteiger partial charge in [-0.1, -0.05) is 54.1 Å². The van der Waals surface area contributed by atoms with E-state index in [4.69, 9.17) is 11.6 Å². The van der Waals surface area contributed by atoms with E-state index in [2.05, 4.69) is 5.32 Å². The van der Waals surface area contributed by atoms with Gasteiger partial charge in [-0.25, -0.2) is 0 Å². The summed E-state index contributed by atoms with van der Waals surface area (Å²) in [5, 5.41) is 3.67. The van der Waals surface area contributed by atoms with Crippen LogP contribution in [0.5, 0.6) is 0 Å². The molecule has 0 aliphatic carbocycles. The van der Waals surface area contributed by atoms with Gasteiger partial charge in [-0.15, -0.1) is 0 Å². The third-order valence-corrected chi connectivity index (χ3v) is 5.85. The molecular weight excluding hydrogens is 396 g/mol. The number of anilines is 1. The van der Waals surface area contributed by atoms with Gasteiger partial charge in [0.05, 0.1) is 0 Å². The predicted molar refractivity (Wildman–Crippen MR) is 120 cm³/mol. The molecule has 3 aromatic rings. The molecule has 1 aliphatic rings. The minimum atomic E-state index is -1.05. The van der Waals surface area contributed by atoms with Crippen molar-refractivity contribution >= 4 is 29.1 Å². The van der Waals surface area contributed by atoms with E-state index in [1.54, 1.807) is 17.0 Å². The fraction of sp³-hybridized carbons (Fsp3) is 0.200. The molecule has 1 aliphatic heterocycles. The largest absolute Gasteiger partial charge is 0.350 e. The average molecular weight is 419 g/mol. The number of carbonyl (C=O) groups excluding carboxylic acids is 2. The van der Waals surface area contributed by atoms with Crippen molar-refractivity contribution in [1.29, 1.82) is 0 Å². The van der Waals surface area contributed by atoms with Crippen LogP contribution in [0.3, 0.4) is 0 Å². The summed E-state index contributed by atoms with van der Waals surface area (Å²) in [5.41, 5.74) is 3.17. The molecule has 152 valence electrons. The van der Waals surface area contributed by atoms with Crippen molar-refractivity contribution in [2.45, 2.75) is 32.4 Å². The van der Waals surface area contributed by atoms with Crippen LogP contribution in [0.1, 0.15) is 34.0 Å². The van der Waals surface area contributed by atoms with E-state index in [1.165, 1.54) is 0 Å². The number of halogens is 1. The molecule has 2 amide bonds. The summed E-state index contributed by atoms with van der Waals surface area (Å²) in [6.07, 6.45) is 0.440. The topological polar surface area (TPSA) is 49.4 Å². The first-order valence-electron chi connectivity index (χ1n) is 9.90. The number of nitrogens with one attached hydrogen (secondary N) is 1. The van der Waals surface area contributed by atoms with Crippen molar-refractivity contribution in [3.8, 4) is 0 Å². The van der Waals surface area contributed by atoms with Gasteiger partial charge in [0.2, 0.25) is 5.91 Å². The Bertz CT molecular complexity index is 1110. The summed E-state index contributed by atoms with van der Waals surface area (Å²) < 4.78 is 0. The first kappa shape index (κ1) is 20.2. The SMILES string of the molecule is Cc1cccc(N2C(=O)c3ccccc3C[C@]2(C)C(=O)NCc2ccc(Cl)cc2)c1. The number of hydrogen-bond acceptors (Lipinski definition) is 2. The summed E-state index contributed by atoms with van der Waals surface area (Å²) in [6, 6.07) is 22.6. The molecule has 0 unspecified atom stereocenters. The molecule has 4 nitrogen and oxygen atoms in total. The van der Waals surface area contributed by atoms with Crippen LogP contribution in [-0.4, -0.2) is 17.4 Å². The van der Waals surface area contributed by atoms with Gasteiger partial charge >= 0.3 is 0 Å². The van der Waals surface area contributed by atoms with E-state index >= 15 is 0 Å². The van der Waals surface area contributed by atoms with E-state index < -0.39 is 5.54 Å². The normalized spacial score (nSPS) is 18.1. The van der Waals surface area contributed by atoms with Crippen LogP contribution < -0.4 is 10.2 Å². The Labute approximate surface area is 181 Å². The lowest BCUT2D eigenvalue weighted by molar-refractivity contribution is -0.126. The number of aryl methyl sites for hydroxylation is 1. The van der Waals surface area contributed by atoms with Crippen molar-refractivity contribution in [2.24, 2.45) is 0 Å². The second-order valence-electron chi connectivity index (χ2n) is 7.90. The smallest absolute Gasteiger partial charge is 0.259 e. The molecule has 0 spiro atoms. The quantitative estimate of drug-likeness (QED) is 0.653. The minimum Gasteiger partial charge on any atom is -0.350 e. The van der Waals surface area contributed by atoms with Crippen molar-refractivity contribution in [3.63, 3.8) is 0 Å². The number of rotatable bonds is 4. The molecule has 1 heterocycles. The van der Waals surface area contributed by atoms with Gasteiger partial charge in [-0.3, -0.25) is 14.5 Å². The van der Waals surface area contributed by atoms with E-state index in [0.717, 1.165) is 22.4 Å². The second kappa shape index (κ2) is 7.96. The van der Waals surface area contributed by atoms with Crippen LogP contribution in [0.25, 0.3) is 0 Å². The van der Waals surface area contributed by atoms with Gasteiger partial charge in [0.15, 0.2) is 0 Å². The number of hydrogen-bond donors (Lipinski definition) is 1. The standard InChI is InChI=1S/C25H23ClN2O2/c1-17-6-5-8-21(14-17)28-23(29)22-9-4-3-7-19(22)15-25(28,2)24(30)27-16-18-10-12-20(26)13-11-18/h3-14H,15-16H2,1-2H3,(H,27,30)/t25-/m1/s1. The van der Waals surface area contributed by atoms with Crippen LogP contribution in [0, 0.1) is 6.92 Å². The number of carbonyl (C=O) groups is 2. The van der Waals surface area contributed by atoms with Gasteiger partial charge < -0.3 is 5.32 Å². The summed E-state index contributed by atoms with van der Waals surface area (Å²) in [6.45, 7) is 4.17. The Morgan fingerprint density at radius 1 is 1.07 bits per heavy atom. The van der Waals surface area contributed by atoms with E-state index in [1.807, 2.05) is 74.5 Å². The van der Waals surface area contributed by atoms with Gasteiger partial charge in [-0.2, -0.15) is 0 Å². The van der Waals surface area contributed by atoms with E-state index in [9.17, 15) is 9.59 Å². The molecule has 1 atom stereocenters. The zero-order valence-electron chi connectivity index (χ0n) is 17.0. The monoisotopic (exact) mass is 418 g/mol. The van der Waals surface area contributed by atoms with Crippen molar-refractivity contribution in [1.82, 2.24) is 5.32 Å². The lowest BCUT2D eigenvalue weighted by Gasteiger charge is -2.44. The van der Waals surface area contributed by atoms with Crippen LogP contribution >= 0.6 is 11.6 Å². The highest BCUT2D eigenvalue weighted by atomic mass is 35.5. The molecular formula is C25H23ClN2O2. The molecule has 0 radical (unpaired) electrons.